The zero-order valence-corrected chi connectivity index (χ0v) is 12.1. The Bertz CT molecular complexity index is 523. The summed E-state index contributed by atoms with van der Waals surface area (Å²) in [5.41, 5.74) is 3.56. The smallest absolute Gasteiger partial charge is 0.120 e. The number of methoxy groups -OCH3 is 1. The average Bonchev–Trinajstić information content (AvgIpc) is 2.48. The Morgan fingerprint density at radius 1 is 0.900 bits per heavy atom. The van der Waals surface area contributed by atoms with Gasteiger partial charge in [0.25, 0.3) is 0 Å². The van der Waals surface area contributed by atoms with Gasteiger partial charge in [0, 0.05) is 13.7 Å². The van der Waals surface area contributed by atoms with E-state index in [9.17, 15) is 0 Å². The van der Waals surface area contributed by atoms with Crippen LogP contribution in [-0.2, 0) is 24.5 Å². The van der Waals surface area contributed by atoms with E-state index < -0.39 is 0 Å². The predicted octanol–water partition coefficient (Wildman–Crippen LogP) is 3.13. The van der Waals surface area contributed by atoms with E-state index in [4.69, 9.17) is 9.47 Å². The van der Waals surface area contributed by atoms with Crippen LogP contribution in [0.15, 0.2) is 48.5 Å². The minimum absolute atomic E-state index is 0.580. The van der Waals surface area contributed by atoms with Crippen LogP contribution in [0.4, 0.5) is 0 Å². The average molecular weight is 271 g/mol. The van der Waals surface area contributed by atoms with Gasteiger partial charge in [-0.05, 0) is 35.9 Å². The molecule has 0 aliphatic carbocycles. The van der Waals surface area contributed by atoms with Gasteiger partial charge in [-0.3, -0.25) is 0 Å². The molecular formula is C17H21NO2. The van der Waals surface area contributed by atoms with Crippen molar-refractivity contribution in [2.45, 2.75) is 19.8 Å². The first-order chi connectivity index (χ1) is 9.81. The van der Waals surface area contributed by atoms with Crippen LogP contribution in [0, 0.1) is 0 Å². The van der Waals surface area contributed by atoms with Gasteiger partial charge in [0.1, 0.15) is 12.4 Å². The molecule has 0 heterocycles. The predicted molar refractivity (Wildman–Crippen MR) is 80.7 cm³/mol. The zero-order valence-electron chi connectivity index (χ0n) is 12.1. The Balaban J connectivity index is 1.92. The molecule has 2 rings (SSSR count). The normalized spacial score (nSPS) is 10.5. The fraction of sp³-hybridized carbons (Fsp3) is 0.294. The first kappa shape index (κ1) is 14.6. The molecule has 3 nitrogen and oxygen atoms in total. The standard InChI is InChI=1S/C17H21NO2/c1-18-11-14-6-8-15(9-7-14)13-20-17-5-3-4-16(10-17)12-19-2/h3-10,18H,11-13H2,1-2H3. The maximum absolute atomic E-state index is 5.81. The van der Waals surface area contributed by atoms with Gasteiger partial charge in [0.05, 0.1) is 6.61 Å². The molecule has 3 heteroatoms. The van der Waals surface area contributed by atoms with Crippen LogP contribution in [0.1, 0.15) is 16.7 Å². The molecule has 0 saturated heterocycles. The number of rotatable bonds is 7. The summed E-state index contributed by atoms with van der Waals surface area (Å²) in [4.78, 5) is 0. The fourth-order valence-corrected chi connectivity index (χ4v) is 2.02. The van der Waals surface area contributed by atoms with Crippen molar-refractivity contribution in [1.82, 2.24) is 5.32 Å². The molecule has 0 unspecified atom stereocenters. The van der Waals surface area contributed by atoms with Crippen molar-refractivity contribution in [1.29, 1.82) is 0 Å². The van der Waals surface area contributed by atoms with Gasteiger partial charge >= 0.3 is 0 Å². The van der Waals surface area contributed by atoms with E-state index in [1.54, 1.807) is 7.11 Å². The molecule has 0 radical (unpaired) electrons. The topological polar surface area (TPSA) is 30.5 Å². The van der Waals surface area contributed by atoms with Crippen molar-refractivity contribution < 1.29 is 9.47 Å². The molecule has 0 aliphatic rings. The van der Waals surface area contributed by atoms with Crippen LogP contribution in [0.3, 0.4) is 0 Å². The van der Waals surface area contributed by atoms with Crippen LogP contribution in [0.25, 0.3) is 0 Å². The summed E-state index contributed by atoms with van der Waals surface area (Å²) in [7, 11) is 3.64. The minimum Gasteiger partial charge on any atom is -0.489 e. The van der Waals surface area contributed by atoms with Gasteiger partial charge in [0.15, 0.2) is 0 Å². The molecule has 0 aromatic heterocycles. The SMILES string of the molecule is CNCc1ccc(COc2cccc(COC)c2)cc1. The summed E-state index contributed by atoms with van der Waals surface area (Å²) in [6.45, 7) is 2.08. The molecule has 0 fully saturated rings. The van der Waals surface area contributed by atoms with Gasteiger partial charge in [0.2, 0.25) is 0 Å². The van der Waals surface area contributed by atoms with Crippen molar-refractivity contribution in [3.05, 3.63) is 65.2 Å². The summed E-state index contributed by atoms with van der Waals surface area (Å²) in [5.74, 6) is 0.874. The van der Waals surface area contributed by atoms with Gasteiger partial charge in [-0.1, -0.05) is 36.4 Å². The summed E-state index contributed by atoms with van der Waals surface area (Å²) < 4.78 is 10.9. The molecule has 20 heavy (non-hydrogen) atoms. The second-order valence-electron chi connectivity index (χ2n) is 4.72. The van der Waals surface area contributed by atoms with Crippen LogP contribution in [0.2, 0.25) is 0 Å². The number of nitrogens with one attached hydrogen (secondary N) is 1. The largest absolute Gasteiger partial charge is 0.489 e. The van der Waals surface area contributed by atoms with Crippen molar-refractivity contribution >= 4 is 0 Å². The van der Waals surface area contributed by atoms with E-state index in [0.717, 1.165) is 17.9 Å². The third kappa shape index (κ3) is 4.37. The molecule has 0 saturated carbocycles. The lowest BCUT2D eigenvalue weighted by molar-refractivity contribution is 0.184. The van der Waals surface area contributed by atoms with E-state index in [-0.39, 0.29) is 0 Å². The molecule has 0 amide bonds. The first-order valence-electron chi connectivity index (χ1n) is 6.75. The van der Waals surface area contributed by atoms with Crippen molar-refractivity contribution in [3.8, 4) is 5.75 Å². The van der Waals surface area contributed by atoms with E-state index in [2.05, 4.69) is 29.6 Å². The monoisotopic (exact) mass is 271 g/mol. The fourth-order valence-electron chi connectivity index (χ4n) is 2.02. The molecular weight excluding hydrogens is 250 g/mol. The molecule has 106 valence electrons. The van der Waals surface area contributed by atoms with Crippen LogP contribution >= 0.6 is 0 Å². The molecule has 0 spiro atoms. The van der Waals surface area contributed by atoms with E-state index >= 15 is 0 Å². The van der Waals surface area contributed by atoms with Crippen LogP contribution in [0.5, 0.6) is 5.75 Å². The summed E-state index contributed by atoms with van der Waals surface area (Å²) in [5, 5.41) is 3.14. The highest BCUT2D eigenvalue weighted by atomic mass is 16.5. The Morgan fingerprint density at radius 3 is 2.35 bits per heavy atom. The maximum atomic E-state index is 5.81. The van der Waals surface area contributed by atoms with Gasteiger partial charge in [-0.15, -0.1) is 0 Å². The Hall–Kier alpha value is -1.84. The highest BCUT2D eigenvalue weighted by molar-refractivity contribution is 5.29. The van der Waals surface area contributed by atoms with Gasteiger partial charge in [-0.25, -0.2) is 0 Å². The van der Waals surface area contributed by atoms with Crippen molar-refractivity contribution in [3.63, 3.8) is 0 Å². The zero-order chi connectivity index (χ0) is 14.2. The van der Waals surface area contributed by atoms with Gasteiger partial charge < -0.3 is 14.8 Å². The molecule has 0 bridgehead atoms. The van der Waals surface area contributed by atoms with Crippen LogP contribution < -0.4 is 10.1 Å². The van der Waals surface area contributed by atoms with E-state index in [1.165, 1.54) is 11.1 Å². The van der Waals surface area contributed by atoms with Crippen LogP contribution in [-0.4, -0.2) is 14.2 Å². The number of benzene rings is 2. The maximum Gasteiger partial charge on any atom is 0.120 e. The van der Waals surface area contributed by atoms with Gasteiger partial charge in [-0.2, -0.15) is 0 Å². The lowest BCUT2D eigenvalue weighted by Gasteiger charge is -2.08. The molecule has 0 aliphatic heterocycles. The Kier molecular flexibility index (Phi) is 5.59. The lowest BCUT2D eigenvalue weighted by Crippen LogP contribution is -2.05. The molecule has 0 atom stereocenters. The highest BCUT2D eigenvalue weighted by Crippen LogP contribution is 2.16. The van der Waals surface area contributed by atoms with Crippen molar-refractivity contribution in [2.24, 2.45) is 0 Å². The lowest BCUT2D eigenvalue weighted by atomic mass is 10.1. The summed E-state index contributed by atoms with van der Waals surface area (Å²) in [6, 6.07) is 16.4. The van der Waals surface area contributed by atoms with E-state index in [0.29, 0.717) is 13.2 Å². The minimum atomic E-state index is 0.580. The molecule has 1 N–H and O–H groups in total. The number of hydrogen-bond acceptors (Lipinski definition) is 3. The van der Waals surface area contributed by atoms with Crippen molar-refractivity contribution in [2.75, 3.05) is 14.2 Å². The van der Waals surface area contributed by atoms with E-state index in [1.807, 2.05) is 31.3 Å². The third-order valence-electron chi connectivity index (χ3n) is 3.02. The summed E-state index contributed by atoms with van der Waals surface area (Å²) >= 11 is 0. The second-order valence-corrected chi connectivity index (χ2v) is 4.72. The first-order valence-corrected chi connectivity index (χ1v) is 6.75. The molecule has 2 aromatic rings. The number of hydrogen-bond donors (Lipinski definition) is 1. The number of ether oxygens (including phenoxy) is 2. The summed E-state index contributed by atoms with van der Waals surface area (Å²) in [6.07, 6.45) is 0. The third-order valence-corrected chi connectivity index (χ3v) is 3.02. The Labute approximate surface area is 120 Å². The highest BCUT2D eigenvalue weighted by Gasteiger charge is 1.99. The quantitative estimate of drug-likeness (QED) is 0.839. The second kappa shape index (κ2) is 7.68. The Morgan fingerprint density at radius 2 is 1.65 bits per heavy atom. The molecule has 2 aromatic carbocycles.